The number of carbonyl (C=O) groups excluding carboxylic acids is 2. The highest BCUT2D eigenvalue weighted by atomic mass is 16.6. The van der Waals surface area contributed by atoms with E-state index in [1.807, 2.05) is 0 Å². The van der Waals surface area contributed by atoms with Crippen LogP contribution in [0.4, 0.5) is 11.4 Å². The summed E-state index contributed by atoms with van der Waals surface area (Å²) in [6.45, 7) is 0. The predicted octanol–water partition coefficient (Wildman–Crippen LogP) is 2.55. The van der Waals surface area contributed by atoms with Gasteiger partial charge in [0.15, 0.2) is 0 Å². The highest BCUT2D eigenvalue weighted by molar-refractivity contribution is 6.04. The first-order valence-electron chi connectivity index (χ1n) is 6.76. The van der Waals surface area contributed by atoms with Crippen molar-refractivity contribution in [2.45, 2.75) is 0 Å². The Morgan fingerprint density at radius 2 is 1.48 bits per heavy atom. The van der Waals surface area contributed by atoms with E-state index in [2.05, 4.69) is 5.32 Å². The monoisotopic (exact) mass is 313 g/mol. The van der Waals surface area contributed by atoms with Crippen molar-refractivity contribution in [2.24, 2.45) is 0 Å². The summed E-state index contributed by atoms with van der Waals surface area (Å²) >= 11 is 0. The van der Waals surface area contributed by atoms with Crippen LogP contribution in [0.25, 0.3) is 0 Å². The second-order valence-corrected chi connectivity index (χ2v) is 5.04. The number of hydrogen-bond donors (Lipinski definition) is 1. The molecule has 2 aromatic carbocycles. The summed E-state index contributed by atoms with van der Waals surface area (Å²) in [6.07, 6.45) is 0. The molecule has 0 aliphatic carbocycles. The number of nitrogens with one attached hydrogen (secondary N) is 1. The van der Waals surface area contributed by atoms with E-state index in [4.69, 9.17) is 0 Å². The van der Waals surface area contributed by atoms with Crippen molar-refractivity contribution >= 4 is 23.2 Å². The molecular formula is C16H15N3O4. The number of nitro groups is 1. The van der Waals surface area contributed by atoms with E-state index in [0.29, 0.717) is 16.8 Å². The van der Waals surface area contributed by atoms with Gasteiger partial charge in [0.1, 0.15) is 0 Å². The van der Waals surface area contributed by atoms with Gasteiger partial charge in [-0.25, -0.2) is 0 Å². The van der Waals surface area contributed by atoms with Gasteiger partial charge in [-0.2, -0.15) is 0 Å². The Kier molecular flexibility index (Phi) is 4.70. The molecule has 0 fully saturated rings. The minimum Gasteiger partial charge on any atom is -0.345 e. The average Bonchev–Trinajstić information content (AvgIpc) is 2.54. The average molecular weight is 313 g/mol. The summed E-state index contributed by atoms with van der Waals surface area (Å²) in [5.74, 6) is -0.509. The zero-order valence-electron chi connectivity index (χ0n) is 12.6. The topological polar surface area (TPSA) is 92.6 Å². The van der Waals surface area contributed by atoms with Crippen LogP contribution in [-0.4, -0.2) is 35.7 Å². The van der Waals surface area contributed by atoms with Crippen molar-refractivity contribution in [2.75, 3.05) is 19.4 Å². The maximum Gasteiger partial charge on any atom is 0.269 e. The van der Waals surface area contributed by atoms with E-state index in [1.165, 1.54) is 29.2 Å². The summed E-state index contributed by atoms with van der Waals surface area (Å²) in [6, 6.07) is 11.8. The van der Waals surface area contributed by atoms with Crippen molar-refractivity contribution in [1.29, 1.82) is 0 Å². The Labute approximate surface area is 132 Å². The van der Waals surface area contributed by atoms with Gasteiger partial charge in [0, 0.05) is 43.0 Å². The molecule has 0 aromatic heterocycles. The van der Waals surface area contributed by atoms with Gasteiger partial charge in [-0.1, -0.05) is 0 Å². The molecule has 2 amide bonds. The molecule has 0 unspecified atom stereocenters. The van der Waals surface area contributed by atoms with Crippen molar-refractivity contribution in [3.05, 3.63) is 69.8 Å². The number of benzene rings is 2. The number of carbonyl (C=O) groups is 2. The molecule has 2 rings (SSSR count). The van der Waals surface area contributed by atoms with Crippen LogP contribution in [0.2, 0.25) is 0 Å². The summed E-state index contributed by atoms with van der Waals surface area (Å²) < 4.78 is 0. The molecule has 0 spiro atoms. The first-order chi connectivity index (χ1) is 10.9. The van der Waals surface area contributed by atoms with Gasteiger partial charge in [0.05, 0.1) is 4.92 Å². The van der Waals surface area contributed by atoms with Crippen molar-refractivity contribution in [3.63, 3.8) is 0 Å². The number of rotatable bonds is 4. The summed E-state index contributed by atoms with van der Waals surface area (Å²) in [4.78, 5) is 35.4. The summed E-state index contributed by atoms with van der Waals surface area (Å²) in [7, 11) is 3.32. The summed E-state index contributed by atoms with van der Waals surface area (Å²) in [5, 5.41) is 13.3. The van der Waals surface area contributed by atoms with Crippen LogP contribution in [-0.2, 0) is 0 Å². The molecular weight excluding hydrogens is 298 g/mol. The molecule has 7 nitrogen and oxygen atoms in total. The van der Waals surface area contributed by atoms with Gasteiger partial charge < -0.3 is 10.2 Å². The van der Waals surface area contributed by atoms with Crippen LogP contribution in [0.1, 0.15) is 20.7 Å². The molecule has 0 bridgehead atoms. The standard InChI is InChI=1S/C16H15N3O4/c1-18(2)16(21)12-3-7-13(8-4-12)17-15(20)11-5-9-14(10-6-11)19(22)23/h3-10H,1-2H3,(H,17,20). The van der Waals surface area contributed by atoms with Gasteiger partial charge in [0.2, 0.25) is 0 Å². The third kappa shape index (κ3) is 3.91. The molecule has 0 aliphatic rings. The van der Waals surface area contributed by atoms with E-state index in [-0.39, 0.29) is 17.5 Å². The number of non-ortho nitro benzene ring substituents is 1. The fraction of sp³-hybridized carbons (Fsp3) is 0.125. The highest BCUT2D eigenvalue weighted by Crippen LogP contribution is 2.15. The third-order valence-corrected chi connectivity index (χ3v) is 3.14. The lowest BCUT2D eigenvalue weighted by molar-refractivity contribution is -0.384. The minimum atomic E-state index is -0.526. The number of nitrogens with zero attached hydrogens (tertiary/aromatic N) is 2. The second kappa shape index (κ2) is 6.69. The Balaban J connectivity index is 2.08. The van der Waals surface area contributed by atoms with E-state index in [0.717, 1.165) is 0 Å². The maximum absolute atomic E-state index is 12.1. The van der Waals surface area contributed by atoms with Crippen LogP contribution in [0.15, 0.2) is 48.5 Å². The highest BCUT2D eigenvalue weighted by Gasteiger charge is 2.11. The fourth-order valence-corrected chi connectivity index (χ4v) is 1.89. The van der Waals surface area contributed by atoms with E-state index in [9.17, 15) is 19.7 Å². The van der Waals surface area contributed by atoms with Crippen molar-refractivity contribution < 1.29 is 14.5 Å². The number of nitro benzene ring substituents is 1. The van der Waals surface area contributed by atoms with Crippen LogP contribution in [0, 0.1) is 10.1 Å². The van der Waals surface area contributed by atoms with Crippen LogP contribution >= 0.6 is 0 Å². The Morgan fingerprint density at radius 1 is 0.957 bits per heavy atom. The maximum atomic E-state index is 12.1. The van der Waals surface area contributed by atoms with E-state index < -0.39 is 4.92 Å². The van der Waals surface area contributed by atoms with Gasteiger partial charge in [0.25, 0.3) is 17.5 Å². The van der Waals surface area contributed by atoms with E-state index >= 15 is 0 Å². The zero-order chi connectivity index (χ0) is 17.0. The zero-order valence-corrected chi connectivity index (χ0v) is 12.6. The molecule has 1 N–H and O–H groups in total. The van der Waals surface area contributed by atoms with Crippen molar-refractivity contribution in [1.82, 2.24) is 4.90 Å². The van der Waals surface area contributed by atoms with E-state index in [1.54, 1.807) is 38.4 Å². The summed E-state index contributed by atoms with van der Waals surface area (Å²) in [5.41, 5.74) is 1.28. The number of anilines is 1. The molecule has 0 atom stereocenters. The third-order valence-electron chi connectivity index (χ3n) is 3.14. The molecule has 2 aromatic rings. The lowest BCUT2D eigenvalue weighted by atomic mass is 10.1. The fourth-order valence-electron chi connectivity index (χ4n) is 1.89. The van der Waals surface area contributed by atoms with Crippen molar-refractivity contribution in [3.8, 4) is 0 Å². The molecule has 118 valence electrons. The molecule has 0 saturated carbocycles. The molecule has 0 aliphatic heterocycles. The lowest BCUT2D eigenvalue weighted by Crippen LogP contribution is -2.21. The second-order valence-electron chi connectivity index (χ2n) is 5.04. The van der Waals surface area contributed by atoms with Crippen LogP contribution in [0.5, 0.6) is 0 Å². The normalized spacial score (nSPS) is 10.0. The SMILES string of the molecule is CN(C)C(=O)c1ccc(NC(=O)c2ccc([N+](=O)[O-])cc2)cc1. The number of amides is 2. The molecule has 23 heavy (non-hydrogen) atoms. The van der Waals surface area contributed by atoms with Gasteiger partial charge in [-0.05, 0) is 36.4 Å². The first kappa shape index (κ1) is 16.2. The molecule has 7 heteroatoms. The van der Waals surface area contributed by atoms with Gasteiger partial charge in [-0.15, -0.1) is 0 Å². The smallest absolute Gasteiger partial charge is 0.269 e. The Morgan fingerprint density at radius 3 is 1.96 bits per heavy atom. The molecule has 0 heterocycles. The van der Waals surface area contributed by atoms with Gasteiger partial charge in [-0.3, -0.25) is 19.7 Å². The number of hydrogen-bond acceptors (Lipinski definition) is 4. The Bertz CT molecular complexity index is 737. The predicted molar refractivity (Wildman–Crippen MR) is 85.5 cm³/mol. The Hall–Kier alpha value is -3.22. The quantitative estimate of drug-likeness (QED) is 0.693. The lowest BCUT2D eigenvalue weighted by Gasteiger charge is -2.11. The first-order valence-corrected chi connectivity index (χ1v) is 6.76. The van der Waals surface area contributed by atoms with Gasteiger partial charge >= 0.3 is 0 Å². The van der Waals surface area contributed by atoms with Crippen LogP contribution in [0.3, 0.4) is 0 Å². The minimum absolute atomic E-state index is 0.0758. The molecule has 0 radical (unpaired) electrons. The van der Waals surface area contributed by atoms with Crippen LogP contribution < -0.4 is 5.32 Å². The largest absolute Gasteiger partial charge is 0.345 e. The molecule has 0 saturated heterocycles.